The summed E-state index contributed by atoms with van der Waals surface area (Å²) in [5, 5.41) is 3.24. The minimum absolute atomic E-state index is 0.796. The van der Waals surface area contributed by atoms with Crippen molar-refractivity contribution >= 4 is 5.82 Å². The number of hydrogen-bond donors (Lipinski definition) is 1. The second-order valence-corrected chi connectivity index (χ2v) is 4.30. The van der Waals surface area contributed by atoms with E-state index < -0.39 is 0 Å². The van der Waals surface area contributed by atoms with Crippen LogP contribution < -0.4 is 14.8 Å². The standard InChI is InChI=1S/C15H19N3O2/c1-19-13-5-6-14(20-2)12(10-13)4-3-7-17-15-11-16-8-9-18-15/h5-6,8-11H,3-4,7H2,1-2H3,(H,17,18). The number of methoxy groups -OCH3 is 2. The summed E-state index contributed by atoms with van der Waals surface area (Å²) in [5.74, 6) is 2.54. The molecule has 0 radical (unpaired) electrons. The maximum atomic E-state index is 5.36. The molecule has 106 valence electrons. The van der Waals surface area contributed by atoms with E-state index in [4.69, 9.17) is 9.47 Å². The fourth-order valence-corrected chi connectivity index (χ4v) is 1.96. The molecule has 1 heterocycles. The van der Waals surface area contributed by atoms with Crippen molar-refractivity contribution in [2.45, 2.75) is 12.8 Å². The van der Waals surface area contributed by atoms with E-state index in [9.17, 15) is 0 Å². The molecule has 0 spiro atoms. The maximum Gasteiger partial charge on any atom is 0.144 e. The predicted molar refractivity (Wildman–Crippen MR) is 78.4 cm³/mol. The van der Waals surface area contributed by atoms with Gasteiger partial charge in [-0.15, -0.1) is 0 Å². The van der Waals surface area contributed by atoms with Gasteiger partial charge in [0.05, 0.1) is 20.4 Å². The van der Waals surface area contributed by atoms with Crippen LogP contribution in [0.5, 0.6) is 11.5 Å². The largest absolute Gasteiger partial charge is 0.497 e. The molecule has 0 aliphatic rings. The average Bonchev–Trinajstić information content (AvgIpc) is 2.52. The highest BCUT2D eigenvalue weighted by atomic mass is 16.5. The monoisotopic (exact) mass is 273 g/mol. The lowest BCUT2D eigenvalue weighted by molar-refractivity contribution is 0.398. The summed E-state index contributed by atoms with van der Waals surface area (Å²) in [6, 6.07) is 5.85. The Kier molecular flexibility index (Phi) is 5.17. The first-order valence-electron chi connectivity index (χ1n) is 6.54. The smallest absolute Gasteiger partial charge is 0.144 e. The molecule has 0 bridgehead atoms. The Morgan fingerprint density at radius 2 is 2.05 bits per heavy atom. The van der Waals surface area contributed by atoms with E-state index in [0.29, 0.717) is 0 Å². The molecule has 20 heavy (non-hydrogen) atoms. The molecule has 2 aromatic rings. The van der Waals surface area contributed by atoms with Crippen molar-refractivity contribution in [3.05, 3.63) is 42.4 Å². The molecule has 0 fully saturated rings. The molecule has 2 rings (SSSR count). The van der Waals surface area contributed by atoms with Gasteiger partial charge >= 0.3 is 0 Å². The highest BCUT2D eigenvalue weighted by molar-refractivity contribution is 5.40. The molecule has 5 nitrogen and oxygen atoms in total. The molecule has 0 atom stereocenters. The number of aryl methyl sites for hydroxylation is 1. The molecule has 5 heteroatoms. The van der Waals surface area contributed by atoms with Gasteiger partial charge in [0.25, 0.3) is 0 Å². The van der Waals surface area contributed by atoms with Gasteiger partial charge in [0, 0.05) is 18.9 Å². The SMILES string of the molecule is COc1ccc(OC)c(CCCNc2cnccn2)c1. The fourth-order valence-electron chi connectivity index (χ4n) is 1.96. The van der Waals surface area contributed by atoms with Gasteiger partial charge in [0.1, 0.15) is 17.3 Å². The molecular formula is C15H19N3O2. The Bertz CT molecular complexity index is 532. The number of hydrogen-bond acceptors (Lipinski definition) is 5. The number of ether oxygens (including phenoxy) is 2. The lowest BCUT2D eigenvalue weighted by Crippen LogP contribution is -2.05. The first-order valence-corrected chi connectivity index (χ1v) is 6.54. The van der Waals surface area contributed by atoms with E-state index in [1.54, 1.807) is 32.8 Å². The highest BCUT2D eigenvalue weighted by Gasteiger charge is 2.04. The summed E-state index contributed by atoms with van der Waals surface area (Å²) in [4.78, 5) is 8.18. The van der Waals surface area contributed by atoms with Crippen LogP contribution in [0.1, 0.15) is 12.0 Å². The third kappa shape index (κ3) is 3.85. The summed E-state index contributed by atoms with van der Waals surface area (Å²) in [6.45, 7) is 0.832. The quantitative estimate of drug-likeness (QED) is 0.786. The lowest BCUT2D eigenvalue weighted by Gasteiger charge is -2.10. The highest BCUT2D eigenvalue weighted by Crippen LogP contribution is 2.25. The van der Waals surface area contributed by atoms with E-state index in [0.717, 1.165) is 42.3 Å². The summed E-state index contributed by atoms with van der Waals surface area (Å²) in [5.41, 5.74) is 1.15. The summed E-state index contributed by atoms with van der Waals surface area (Å²) in [6.07, 6.45) is 6.93. The molecule has 0 aliphatic carbocycles. The van der Waals surface area contributed by atoms with Crippen molar-refractivity contribution in [2.24, 2.45) is 0 Å². The van der Waals surface area contributed by atoms with Crippen LogP contribution in [0.2, 0.25) is 0 Å². The lowest BCUT2D eigenvalue weighted by atomic mass is 10.1. The van der Waals surface area contributed by atoms with Crippen LogP contribution in [0.25, 0.3) is 0 Å². The molecule has 0 unspecified atom stereocenters. The number of anilines is 1. The summed E-state index contributed by atoms with van der Waals surface area (Å²) < 4.78 is 10.6. The second-order valence-electron chi connectivity index (χ2n) is 4.30. The van der Waals surface area contributed by atoms with Gasteiger partial charge in [-0.25, -0.2) is 4.98 Å². The molecule has 0 saturated heterocycles. The first kappa shape index (κ1) is 14.1. The summed E-state index contributed by atoms with van der Waals surface area (Å²) in [7, 11) is 3.35. The molecule has 1 N–H and O–H groups in total. The Balaban J connectivity index is 1.87. The molecular weight excluding hydrogens is 254 g/mol. The van der Waals surface area contributed by atoms with Crippen molar-refractivity contribution in [1.82, 2.24) is 9.97 Å². The zero-order chi connectivity index (χ0) is 14.2. The van der Waals surface area contributed by atoms with Crippen LogP contribution in [0.4, 0.5) is 5.82 Å². The van der Waals surface area contributed by atoms with Crippen molar-refractivity contribution < 1.29 is 9.47 Å². The van der Waals surface area contributed by atoms with E-state index >= 15 is 0 Å². The van der Waals surface area contributed by atoms with Gasteiger partial charge in [-0.2, -0.15) is 0 Å². The third-order valence-electron chi connectivity index (χ3n) is 2.98. The van der Waals surface area contributed by atoms with Crippen LogP contribution >= 0.6 is 0 Å². The van der Waals surface area contributed by atoms with Gasteiger partial charge in [-0.3, -0.25) is 4.98 Å². The topological polar surface area (TPSA) is 56.3 Å². The normalized spacial score (nSPS) is 10.1. The van der Waals surface area contributed by atoms with Gasteiger partial charge in [0.15, 0.2) is 0 Å². The Hall–Kier alpha value is -2.30. The first-order chi connectivity index (χ1) is 9.83. The van der Waals surface area contributed by atoms with Crippen molar-refractivity contribution in [2.75, 3.05) is 26.1 Å². The Labute approximate surface area is 119 Å². The number of aromatic nitrogens is 2. The van der Waals surface area contributed by atoms with Gasteiger partial charge in [0.2, 0.25) is 0 Å². The van der Waals surface area contributed by atoms with Crippen LogP contribution in [0.3, 0.4) is 0 Å². The molecule has 0 aliphatic heterocycles. The number of rotatable bonds is 7. The minimum atomic E-state index is 0.796. The molecule has 0 amide bonds. The van der Waals surface area contributed by atoms with Crippen molar-refractivity contribution in [1.29, 1.82) is 0 Å². The van der Waals surface area contributed by atoms with E-state index in [1.807, 2.05) is 18.2 Å². The van der Waals surface area contributed by atoms with E-state index in [1.165, 1.54) is 0 Å². The zero-order valence-corrected chi connectivity index (χ0v) is 11.8. The van der Waals surface area contributed by atoms with E-state index in [2.05, 4.69) is 15.3 Å². The van der Waals surface area contributed by atoms with Gasteiger partial charge in [-0.05, 0) is 36.6 Å². The Morgan fingerprint density at radius 1 is 1.15 bits per heavy atom. The van der Waals surface area contributed by atoms with Crippen molar-refractivity contribution in [3.63, 3.8) is 0 Å². The maximum absolute atomic E-state index is 5.36. The Morgan fingerprint density at radius 3 is 2.75 bits per heavy atom. The second kappa shape index (κ2) is 7.33. The number of nitrogens with zero attached hydrogens (tertiary/aromatic N) is 2. The van der Waals surface area contributed by atoms with Crippen LogP contribution in [-0.2, 0) is 6.42 Å². The summed E-state index contributed by atoms with van der Waals surface area (Å²) >= 11 is 0. The zero-order valence-electron chi connectivity index (χ0n) is 11.8. The van der Waals surface area contributed by atoms with Crippen LogP contribution in [-0.4, -0.2) is 30.7 Å². The van der Waals surface area contributed by atoms with E-state index in [-0.39, 0.29) is 0 Å². The van der Waals surface area contributed by atoms with Crippen LogP contribution in [0, 0.1) is 0 Å². The third-order valence-corrected chi connectivity index (χ3v) is 2.98. The fraction of sp³-hybridized carbons (Fsp3) is 0.333. The molecule has 1 aromatic carbocycles. The van der Waals surface area contributed by atoms with Crippen LogP contribution in [0.15, 0.2) is 36.8 Å². The molecule has 0 saturated carbocycles. The number of benzene rings is 1. The minimum Gasteiger partial charge on any atom is -0.497 e. The van der Waals surface area contributed by atoms with Gasteiger partial charge < -0.3 is 14.8 Å². The van der Waals surface area contributed by atoms with Crippen molar-refractivity contribution in [3.8, 4) is 11.5 Å². The average molecular weight is 273 g/mol. The van der Waals surface area contributed by atoms with Gasteiger partial charge in [-0.1, -0.05) is 0 Å². The number of nitrogens with one attached hydrogen (secondary N) is 1. The molecule has 1 aromatic heterocycles. The predicted octanol–water partition coefficient (Wildman–Crippen LogP) is 2.54.